The predicted octanol–water partition coefficient (Wildman–Crippen LogP) is 2.11. The maximum Gasteiger partial charge on any atom is 0.329 e. The highest BCUT2D eigenvalue weighted by Crippen LogP contribution is 2.40. The van der Waals surface area contributed by atoms with E-state index in [9.17, 15) is 9.59 Å². The van der Waals surface area contributed by atoms with E-state index in [0.29, 0.717) is 13.1 Å². The van der Waals surface area contributed by atoms with Crippen LogP contribution in [0, 0.1) is 0 Å². The molecule has 0 radical (unpaired) electrons. The van der Waals surface area contributed by atoms with Crippen LogP contribution >= 0.6 is 0 Å². The van der Waals surface area contributed by atoms with Crippen LogP contribution in [-0.4, -0.2) is 43.7 Å². The lowest BCUT2D eigenvalue weighted by molar-refractivity contribution is -0.902. The number of quaternary nitrogens is 1. The van der Waals surface area contributed by atoms with Crippen molar-refractivity contribution in [2.45, 2.75) is 31.2 Å². The summed E-state index contributed by atoms with van der Waals surface area (Å²) in [6, 6.07) is 15.9. The number of carbonyl (C=O) groups excluding carboxylic acids is 2. The molecule has 0 saturated carbocycles. The van der Waals surface area contributed by atoms with E-state index in [4.69, 9.17) is 4.74 Å². The van der Waals surface area contributed by atoms with Gasteiger partial charge >= 0.3 is 6.03 Å². The average molecular weight is 419 g/mol. The number of aryl methyl sites for hydroxylation is 1. The van der Waals surface area contributed by atoms with Gasteiger partial charge in [0.15, 0.2) is 6.67 Å². The zero-order chi connectivity index (χ0) is 21.4. The lowest BCUT2D eigenvalue weighted by atomic mass is 9.76. The van der Waals surface area contributed by atoms with Gasteiger partial charge in [-0.15, -0.1) is 0 Å². The van der Waals surface area contributed by atoms with Crippen molar-refractivity contribution < 1.29 is 19.2 Å². The molecule has 2 aromatic rings. The highest BCUT2D eigenvalue weighted by atomic mass is 16.5. The molecule has 1 aliphatic carbocycles. The van der Waals surface area contributed by atoms with Gasteiger partial charge in [-0.05, 0) is 59.7 Å². The molecule has 2 aromatic carbocycles. The van der Waals surface area contributed by atoms with Crippen LogP contribution in [0.1, 0.15) is 36.0 Å². The number of ether oxygens (including phenoxy) is 1. The second-order valence-corrected chi connectivity index (χ2v) is 8.65. The molecule has 3 aliphatic rings. The SMILES string of the molecule is COc1ccc2c(c1)CCC[C@]21NC(=O)N(C[NH+]2CC=C(c3ccccc3)CC2)C1=O. The number of amides is 3. The molecule has 1 spiro atoms. The van der Waals surface area contributed by atoms with E-state index in [1.807, 2.05) is 24.3 Å². The Morgan fingerprint density at radius 3 is 2.71 bits per heavy atom. The topological polar surface area (TPSA) is 63.1 Å². The first-order valence-electron chi connectivity index (χ1n) is 11.0. The second-order valence-electron chi connectivity index (χ2n) is 8.65. The number of rotatable bonds is 4. The molecular weight excluding hydrogens is 390 g/mol. The molecule has 1 saturated heterocycles. The second kappa shape index (κ2) is 7.85. The third-order valence-electron chi connectivity index (χ3n) is 6.86. The number of imide groups is 1. The lowest BCUT2D eigenvalue weighted by Crippen LogP contribution is -3.14. The van der Waals surface area contributed by atoms with Gasteiger partial charge in [-0.1, -0.05) is 36.4 Å². The molecule has 2 heterocycles. The zero-order valence-electron chi connectivity index (χ0n) is 17.8. The summed E-state index contributed by atoms with van der Waals surface area (Å²) in [6.45, 7) is 2.11. The van der Waals surface area contributed by atoms with Gasteiger partial charge in [0.1, 0.15) is 11.3 Å². The van der Waals surface area contributed by atoms with Gasteiger partial charge in [-0.3, -0.25) is 4.79 Å². The highest BCUT2D eigenvalue weighted by molar-refractivity contribution is 6.07. The van der Waals surface area contributed by atoms with Gasteiger partial charge < -0.3 is 15.0 Å². The standard InChI is InChI=1S/C25H27N3O3/c1-31-21-9-10-22-20(16-21)8-5-13-25(22)23(29)28(24(30)26-25)17-27-14-11-19(12-15-27)18-6-3-2-4-7-18/h2-4,6-7,9-11,16H,5,8,12-15,17H2,1H3,(H,26,30)/p+1/t25-/m0/s1. The molecule has 6 heteroatoms. The molecule has 31 heavy (non-hydrogen) atoms. The van der Waals surface area contributed by atoms with E-state index in [-0.39, 0.29) is 11.9 Å². The largest absolute Gasteiger partial charge is 0.497 e. The summed E-state index contributed by atoms with van der Waals surface area (Å²) in [5.74, 6) is 0.664. The van der Waals surface area contributed by atoms with Crippen molar-refractivity contribution in [1.29, 1.82) is 0 Å². The number of nitrogens with one attached hydrogen (secondary N) is 2. The van der Waals surface area contributed by atoms with Gasteiger partial charge in [-0.25, -0.2) is 9.69 Å². The van der Waals surface area contributed by atoms with Gasteiger partial charge in [0.25, 0.3) is 5.91 Å². The van der Waals surface area contributed by atoms with Gasteiger partial charge in [-0.2, -0.15) is 0 Å². The number of carbonyl (C=O) groups is 2. The predicted molar refractivity (Wildman–Crippen MR) is 118 cm³/mol. The van der Waals surface area contributed by atoms with Crippen LogP contribution in [0.3, 0.4) is 0 Å². The Morgan fingerprint density at radius 1 is 1.13 bits per heavy atom. The van der Waals surface area contributed by atoms with E-state index < -0.39 is 5.54 Å². The summed E-state index contributed by atoms with van der Waals surface area (Å²) < 4.78 is 5.35. The van der Waals surface area contributed by atoms with E-state index in [2.05, 4.69) is 35.7 Å². The summed E-state index contributed by atoms with van der Waals surface area (Å²) in [6.07, 6.45) is 5.57. The van der Waals surface area contributed by atoms with Crippen LogP contribution in [0.4, 0.5) is 4.79 Å². The first-order valence-corrected chi connectivity index (χ1v) is 11.0. The molecule has 3 amide bonds. The fourth-order valence-corrected chi connectivity index (χ4v) is 5.19. The van der Waals surface area contributed by atoms with Crippen molar-refractivity contribution in [2.24, 2.45) is 0 Å². The average Bonchev–Trinajstić information content (AvgIpc) is 3.04. The first kappa shape index (κ1) is 19.8. The van der Waals surface area contributed by atoms with Crippen LogP contribution in [0.2, 0.25) is 0 Å². The van der Waals surface area contributed by atoms with Crippen LogP contribution in [0.15, 0.2) is 54.6 Å². The van der Waals surface area contributed by atoms with E-state index in [0.717, 1.165) is 49.2 Å². The Kier molecular flexibility index (Phi) is 5.02. The smallest absolute Gasteiger partial charge is 0.329 e. The number of benzene rings is 2. The summed E-state index contributed by atoms with van der Waals surface area (Å²) in [5, 5.41) is 3.05. The minimum Gasteiger partial charge on any atom is -0.497 e. The Hall–Kier alpha value is -3.12. The van der Waals surface area contributed by atoms with Crippen molar-refractivity contribution in [1.82, 2.24) is 10.2 Å². The molecule has 5 rings (SSSR count). The minimum atomic E-state index is -0.933. The van der Waals surface area contributed by atoms with Crippen LogP contribution in [-0.2, 0) is 16.8 Å². The summed E-state index contributed by atoms with van der Waals surface area (Å²) >= 11 is 0. The Labute approximate surface area is 182 Å². The van der Waals surface area contributed by atoms with Crippen molar-refractivity contribution in [3.8, 4) is 5.75 Å². The Bertz CT molecular complexity index is 1050. The van der Waals surface area contributed by atoms with Crippen molar-refractivity contribution in [3.05, 3.63) is 71.3 Å². The first-order chi connectivity index (χ1) is 15.1. The van der Waals surface area contributed by atoms with Crippen molar-refractivity contribution in [2.75, 3.05) is 26.9 Å². The van der Waals surface area contributed by atoms with E-state index >= 15 is 0 Å². The highest BCUT2D eigenvalue weighted by Gasteiger charge is 2.54. The third kappa shape index (κ3) is 3.41. The monoisotopic (exact) mass is 418 g/mol. The molecule has 2 N–H and O–H groups in total. The van der Waals surface area contributed by atoms with Gasteiger partial charge in [0.05, 0.1) is 20.2 Å². The summed E-state index contributed by atoms with van der Waals surface area (Å²) in [7, 11) is 1.64. The van der Waals surface area contributed by atoms with Crippen LogP contribution in [0.25, 0.3) is 5.57 Å². The number of urea groups is 1. The van der Waals surface area contributed by atoms with E-state index in [1.54, 1.807) is 7.11 Å². The fourth-order valence-electron chi connectivity index (χ4n) is 5.19. The fraction of sp³-hybridized carbons (Fsp3) is 0.360. The summed E-state index contributed by atoms with van der Waals surface area (Å²) in [4.78, 5) is 29.1. The molecular formula is C25H28N3O3+. The molecule has 0 aromatic heterocycles. The van der Waals surface area contributed by atoms with Gasteiger partial charge in [0.2, 0.25) is 0 Å². The number of fused-ring (bicyclic) bond motifs is 2. The third-order valence-corrected chi connectivity index (χ3v) is 6.86. The molecule has 1 unspecified atom stereocenters. The van der Waals surface area contributed by atoms with Crippen molar-refractivity contribution in [3.63, 3.8) is 0 Å². The number of hydrogen-bond donors (Lipinski definition) is 2. The van der Waals surface area contributed by atoms with E-state index in [1.165, 1.54) is 20.9 Å². The Morgan fingerprint density at radius 2 is 1.97 bits per heavy atom. The molecule has 6 nitrogen and oxygen atoms in total. The quantitative estimate of drug-likeness (QED) is 0.748. The zero-order valence-corrected chi connectivity index (χ0v) is 17.8. The van der Waals surface area contributed by atoms with Crippen LogP contribution in [0.5, 0.6) is 5.75 Å². The molecule has 2 atom stereocenters. The Balaban J connectivity index is 1.34. The molecule has 1 fully saturated rings. The molecule has 2 aliphatic heterocycles. The number of methoxy groups -OCH3 is 1. The number of hydrogen-bond acceptors (Lipinski definition) is 3. The lowest BCUT2D eigenvalue weighted by Gasteiger charge is -2.33. The van der Waals surface area contributed by atoms with Gasteiger partial charge in [0, 0.05) is 6.42 Å². The van der Waals surface area contributed by atoms with Crippen molar-refractivity contribution >= 4 is 17.5 Å². The minimum absolute atomic E-state index is 0.117. The summed E-state index contributed by atoms with van der Waals surface area (Å²) in [5.41, 5.74) is 3.66. The number of nitrogens with zero attached hydrogens (tertiary/aromatic N) is 1. The maximum atomic E-state index is 13.6. The molecule has 160 valence electrons. The normalized spacial score (nSPS) is 25.3. The maximum absolute atomic E-state index is 13.6. The molecule has 0 bridgehead atoms. The van der Waals surface area contributed by atoms with Crippen LogP contribution < -0.4 is 15.0 Å².